The van der Waals surface area contributed by atoms with E-state index in [1.165, 1.54) is 25.7 Å². The molecule has 0 radical (unpaired) electrons. The fourth-order valence-corrected chi connectivity index (χ4v) is 2.38. The van der Waals surface area contributed by atoms with Gasteiger partial charge in [0.1, 0.15) is 0 Å². The summed E-state index contributed by atoms with van der Waals surface area (Å²) in [6.45, 7) is 13.7. The highest BCUT2D eigenvalue weighted by Gasteiger charge is 2.29. The molecular formula is C15H31NO. The lowest BCUT2D eigenvalue weighted by molar-refractivity contribution is 0.0792. The Bertz CT molecular complexity index is 209. The molecule has 0 bridgehead atoms. The Morgan fingerprint density at radius 1 is 1.29 bits per heavy atom. The SMILES string of the molecule is CC(C)NCC(C)(CCC1CCCO1)C(C)C. The highest BCUT2D eigenvalue weighted by molar-refractivity contribution is 4.82. The molecular weight excluding hydrogens is 210 g/mol. The molecule has 1 saturated heterocycles. The van der Waals surface area contributed by atoms with Crippen molar-refractivity contribution >= 4 is 0 Å². The zero-order valence-corrected chi connectivity index (χ0v) is 12.4. The quantitative estimate of drug-likeness (QED) is 0.735. The van der Waals surface area contributed by atoms with Crippen LogP contribution in [-0.2, 0) is 4.74 Å². The maximum Gasteiger partial charge on any atom is 0.0576 e. The summed E-state index contributed by atoms with van der Waals surface area (Å²) >= 11 is 0. The summed E-state index contributed by atoms with van der Waals surface area (Å²) in [6, 6.07) is 0.579. The van der Waals surface area contributed by atoms with E-state index in [4.69, 9.17) is 4.74 Å². The number of nitrogens with one attached hydrogen (secondary N) is 1. The molecule has 0 amide bonds. The van der Waals surface area contributed by atoms with E-state index < -0.39 is 0 Å². The molecule has 0 aromatic heterocycles. The van der Waals surface area contributed by atoms with Crippen LogP contribution in [0.5, 0.6) is 0 Å². The third-order valence-electron chi connectivity index (χ3n) is 4.37. The molecule has 2 heteroatoms. The van der Waals surface area contributed by atoms with Gasteiger partial charge in [0.05, 0.1) is 6.10 Å². The summed E-state index contributed by atoms with van der Waals surface area (Å²) in [5, 5.41) is 3.60. The summed E-state index contributed by atoms with van der Waals surface area (Å²) in [4.78, 5) is 0. The molecule has 0 aliphatic carbocycles. The van der Waals surface area contributed by atoms with Crippen LogP contribution in [0.2, 0.25) is 0 Å². The van der Waals surface area contributed by atoms with E-state index in [2.05, 4.69) is 39.9 Å². The second-order valence-corrected chi connectivity index (χ2v) is 6.52. The first kappa shape index (κ1) is 15.0. The first-order valence-electron chi connectivity index (χ1n) is 7.29. The average molecular weight is 241 g/mol. The molecule has 0 spiro atoms. The molecule has 0 aromatic rings. The lowest BCUT2D eigenvalue weighted by Gasteiger charge is -2.35. The summed E-state index contributed by atoms with van der Waals surface area (Å²) in [7, 11) is 0. The zero-order chi connectivity index (χ0) is 12.9. The van der Waals surface area contributed by atoms with Gasteiger partial charge in [0.15, 0.2) is 0 Å². The van der Waals surface area contributed by atoms with Crippen molar-refractivity contribution in [2.45, 2.75) is 72.4 Å². The van der Waals surface area contributed by atoms with Crippen LogP contribution in [0.25, 0.3) is 0 Å². The van der Waals surface area contributed by atoms with E-state index in [9.17, 15) is 0 Å². The van der Waals surface area contributed by atoms with E-state index in [1.54, 1.807) is 0 Å². The van der Waals surface area contributed by atoms with E-state index in [-0.39, 0.29) is 0 Å². The van der Waals surface area contributed by atoms with E-state index in [1.807, 2.05) is 0 Å². The highest BCUT2D eigenvalue weighted by atomic mass is 16.5. The Hall–Kier alpha value is -0.0800. The van der Waals surface area contributed by atoms with Gasteiger partial charge in [0.25, 0.3) is 0 Å². The van der Waals surface area contributed by atoms with Crippen molar-refractivity contribution < 1.29 is 4.74 Å². The maximum absolute atomic E-state index is 5.73. The molecule has 2 atom stereocenters. The highest BCUT2D eigenvalue weighted by Crippen LogP contribution is 2.34. The normalized spacial score (nSPS) is 24.5. The van der Waals surface area contributed by atoms with Crippen LogP contribution in [0.15, 0.2) is 0 Å². The molecule has 1 aliphatic heterocycles. The summed E-state index contributed by atoms with van der Waals surface area (Å²) < 4.78 is 5.73. The maximum atomic E-state index is 5.73. The van der Waals surface area contributed by atoms with E-state index >= 15 is 0 Å². The fraction of sp³-hybridized carbons (Fsp3) is 1.00. The van der Waals surface area contributed by atoms with Crippen molar-refractivity contribution in [2.75, 3.05) is 13.2 Å². The Morgan fingerprint density at radius 3 is 2.47 bits per heavy atom. The van der Waals surface area contributed by atoms with Crippen molar-refractivity contribution in [1.82, 2.24) is 5.32 Å². The molecule has 1 N–H and O–H groups in total. The van der Waals surface area contributed by atoms with Crippen LogP contribution in [0, 0.1) is 11.3 Å². The lowest BCUT2D eigenvalue weighted by Crippen LogP contribution is -2.39. The molecule has 1 fully saturated rings. The van der Waals surface area contributed by atoms with Crippen LogP contribution in [0.1, 0.15) is 60.3 Å². The van der Waals surface area contributed by atoms with Crippen molar-refractivity contribution in [3.05, 3.63) is 0 Å². The molecule has 0 aromatic carbocycles. The van der Waals surface area contributed by atoms with Crippen LogP contribution >= 0.6 is 0 Å². The second-order valence-electron chi connectivity index (χ2n) is 6.52. The van der Waals surface area contributed by atoms with E-state index in [0.29, 0.717) is 17.6 Å². The van der Waals surface area contributed by atoms with Crippen molar-refractivity contribution in [2.24, 2.45) is 11.3 Å². The molecule has 0 saturated carbocycles. The zero-order valence-electron chi connectivity index (χ0n) is 12.4. The molecule has 17 heavy (non-hydrogen) atoms. The van der Waals surface area contributed by atoms with Gasteiger partial charge in [0.2, 0.25) is 0 Å². The molecule has 102 valence electrons. The molecule has 1 aliphatic rings. The largest absolute Gasteiger partial charge is 0.378 e. The van der Waals surface area contributed by atoms with Crippen LogP contribution in [0.4, 0.5) is 0 Å². The fourth-order valence-electron chi connectivity index (χ4n) is 2.38. The third-order valence-corrected chi connectivity index (χ3v) is 4.37. The summed E-state index contributed by atoms with van der Waals surface area (Å²) in [5.41, 5.74) is 0.399. The Labute approximate surface area is 108 Å². The minimum Gasteiger partial charge on any atom is -0.378 e. The van der Waals surface area contributed by atoms with Gasteiger partial charge in [-0.05, 0) is 37.0 Å². The summed E-state index contributed by atoms with van der Waals surface area (Å²) in [6.07, 6.45) is 5.56. The van der Waals surface area contributed by atoms with E-state index in [0.717, 1.165) is 19.1 Å². The molecule has 1 heterocycles. The van der Waals surface area contributed by atoms with Crippen molar-refractivity contribution in [3.63, 3.8) is 0 Å². The molecule has 1 rings (SSSR count). The molecule has 2 nitrogen and oxygen atoms in total. The second kappa shape index (κ2) is 6.75. The predicted molar refractivity (Wildman–Crippen MR) is 74.3 cm³/mol. The van der Waals surface area contributed by atoms with Gasteiger partial charge in [-0.3, -0.25) is 0 Å². The number of ether oxygens (including phenoxy) is 1. The number of hydrogen-bond acceptors (Lipinski definition) is 2. The average Bonchev–Trinajstić information content (AvgIpc) is 2.76. The van der Waals surface area contributed by atoms with Crippen molar-refractivity contribution in [1.29, 1.82) is 0 Å². The first-order valence-corrected chi connectivity index (χ1v) is 7.29. The van der Waals surface area contributed by atoms with Gasteiger partial charge in [-0.25, -0.2) is 0 Å². The monoisotopic (exact) mass is 241 g/mol. The van der Waals surface area contributed by atoms with Gasteiger partial charge in [-0.1, -0.05) is 34.6 Å². The van der Waals surface area contributed by atoms with Crippen LogP contribution in [0.3, 0.4) is 0 Å². The number of hydrogen-bond donors (Lipinski definition) is 1. The minimum atomic E-state index is 0.399. The van der Waals surface area contributed by atoms with Gasteiger partial charge < -0.3 is 10.1 Å². The van der Waals surface area contributed by atoms with Gasteiger partial charge >= 0.3 is 0 Å². The minimum absolute atomic E-state index is 0.399. The van der Waals surface area contributed by atoms with Crippen LogP contribution in [-0.4, -0.2) is 25.3 Å². The van der Waals surface area contributed by atoms with Gasteiger partial charge in [-0.15, -0.1) is 0 Å². The standard InChI is InChI=1S/C15H31NO/c1-12(2)15(5,11-16-13(3)4)9-8-14-7-6-10-17-14/h12-14,16H,6-11H2,1-5H3. The topological polar surface area (TPSA) is 21.3 Å². The smallest absolute Gasteiger partial charge is 0.0576 e. The first-order chi connectivity index (χ1) is 7.94. The van der Waals surface area contributed by atoms with Gasteiger partial charge in [0, 0.05) is 19.2 Å². The number of rotatable bonds is 7. The Balaban J connectivity index is 2.39. The Kier molecular flexibility index (Phi) is 5.94. The van der Waals surface area contributed by atoms with Crippen molar-refractivity contribution in [3.8, 4) is 0 Å². The predicted octanol–water partition coefficient (Wildman–Crippen LogP) is 3.61. The Morgan fingerprint density at radius 2 is 2.00 bits per heavy atom. The lowest BCUT2D eigenvalue weighted by atomic mass is 9.74. The third kappa shape index (κ3) is 4.97. The van der Waals surface area contributed by atoms with Gasteiger partial charge in [-0.2, -0.15) is 0 Å². The van der Waals surface area contributed by atoms with Crippen LogP contribution < -0.4 is 5.32 Å². The molecule has 2 unspecified atom stereocenters. The summed E-state index contributed by atoms with van der Waals surface area (Å²) in [5.74, 6) is 0.718.